The predicted molar refractivity (Wildman–Crippen MR) is 122 cm³/mol. The molecular weight excluding hydrogens is 369 g/mol. The Bertz CT molecular complexity index is 1260. The van der Waals surface area contributed by atoms with Gasteiger partial charge in [0.05, 0.1) is 0 Å². The number of ether oxygens (including phenoxy) is 2. The first kappa shape index (κ1) is 18.1. The van der Waals surface area contributed by atoms with Crippen LogP contribution in [0.15, 0.2) is 36.4 Å². The Morgan fingerprint density at radius 2 is 1.50 bits per heavy atom. The number of rotatable bonds is 0. The molecule has 6 rings (SSSR count). The summed E-state index contributed by atoms with van der Waals surface area (Å²) in [6.45, 7) is 13.6. The number of fused-ring (bicyclic) bond motifs is 5. The highest BCUT2D eigenvalue weighted by Crippen LogP contribution is 2.50. The van der Waals surface area contributed by atoms with E-state index in [0.717, 1.165) is 34.8 Å². The van der Waals surface area contributed by atoms with Crippen molar-refractivity contribution in [2.24, 2.45) is 0 Å². The molecule has 0 amide bonds. The van der Waals surface area contributed by atoms with Crippen molar-refractivity contribution in [3.05, 3.63) is 58.8 Å². The first-order chi connectivity index (χ1) is 14.1. The Hall–Kier alpha value is -2.75. The lowest BCUT2D eigenvalue weighted by Gasteiger charge is -2.33. The number of nitrogens with zero attached hydrogens (tertiary/aromatic N) is 1. The van der Waals surface area contributed by atoms with E-state index in [1.807, 2.05) is 13.0 Å². The Morgan fingerprint density at radius 1 is 0.800 bits per heavy atom. The molecule has 0 atom stereocenters. The van der Waals surface area contributed by atoms with E-state index in [2.05, 4.69) is 65.0 Å². The number of hydrogen-bond acceptors (Lipinski definition) is 3. The van der Waals surface area contributed by atoms with E-state index in [1.165, 1.54) is 27.6 Å². The molecule has 0 bridgehead atoms. The molecule has 0 fully saturated rings. The van der Waals surface area contributed by atoms with Gasteiger partial charge < -0.3 is 9.47 Å². The molecule has 3 heterocycles. The van der Waals surface area contributed by atoms with E-state index < -0.39 is 0 Å². The molecule has 3 aliphatic rings. The van der Waals surface area contributed by atoms with Gasteiger partial charge in [0, 0.05) is 17.2 Å². The van der Waals surface area contributed by atoms with E-state index in [0.29, 0.717) is 5.88 Å². The van der Waals surface area contributed by atoms with Crippen LogP contribution in [0.5, 0.6) is 23.1 Å². The normalized spacial score (nSPS) is 18.5. The summed E-state index contributed by atoms with van der Waals surface area (Å²) in [7, 11) is 0. The molecular formula is C26H26BNO2. The summed E-state index contributed by atoms with van der Waals surface area (Å²) in [5.41, 5.74) is 8.75. The minimum Gasteiger partial charge on any atom is -0.458 e. The molecule has 30 heavy (non-hydrogen) atoms. The average Bonchev–Trinajstić information content (AvgIpc) is 2.83. The minimum atomic E-state index is 0.0836. The van der Waals surface area contributed by atoms with Gasteiger partial charge in [-0.05, 0) is 65.3 Å². The third-order valence-electron chi connectivity index (χ3n) is 7.11. The second-order valence-electron chi connectivity index (χ2n) is 10.5. The van der Waals surface area contributed by atoms with Crippen LogP contribution in [0.25, 0.3) is 0 Å². The zero-order chi connectivity index (χ0) is 21.0. The quantitative estimate of drug-likeness (QED) is 0.365. The molecule has 0 radical (unpaired) electrons. The molecule has 150 valence electrons. The molecule has 0 saturated heterocycles. The highest BCUT2D eigenvalue weighted by atomic mass is 16.5. The van der Waals surface area contributed by atoms with Crippen LogP contribution in [-0.4, -0.2) is 11.7 Å². The first-order valence-electron chi connectivity index (χ1n) is 10.8. The first-order valence-corrected chi connectivity index (χ1v) is 10.8. The van der Waals surface area contributed by atoms with Crippen molar-refractivity contribution in [3.63, 3.8) is 0 Å². The standard InChI is InChI=1S/C26H26BNO2/c1-14-7-8-20-18(9-14)27-19-11-16-17(26(5,6)13-25(16,3)4)12-21(19)30-24-23(27)22(29-20)10-15(2)28-24/h7-12H,13H2,1-6H3. The van der Waals surface area contributed by atoms with Gasteiger partial charge in [-0.25, -0.2) is 4.98 Å². The summed E-state index contributed by atoms with van der Waals surface area (Å²) < 4.78 is 12.8. The van der Waals surface area contributed by atoms with Crippen molar-refractivity contribution < 1.29 is 9.47 Å². The number of pyridine rings is 1. The highest BCUT2D eigenvalue weighted by molar-refractivity contribution is 6.98. The summed E-state index contributed by atoms with van der Waals surface area (Å²) in [5, 5.41) is 0. The van der Waals surface area contributed by atoms with Crippen molar-refractivity contribution in [1.82, 2.24) is 4.98 Å². The summed E-state index contributed by atoms with van der Waals surface area (Å²) in [6, 6.07) is 13.2. The van der Waals surface area contributed by atoms with Crippen LogP contribution in [0.4, 0.5) is 0 Å². The zero-order valence-electron chi connectivity index (χ0n) is 18.5. The summed E-state index contributed by atoms with van der Waals surface area (Å²) >= 11 is 0. The molecule has 4 heteroatoms. The van der Waals surface area contributed by atoms with E-state index in [1.54, 1.807) is 0 Å². The van der Waals surface area contributed by atoms with Crippen LogP contribution >= 0.6 is 0 Å². The maximum absolute atomic E-state index is 6.45. The lowest BCUT2D eigenvalue weighted by atomic mass is 9.35. The third-order valence-corrected chi connectivity index (χ3v) is 7.11. The topological polar surface area (TPSA) is 31.4 Å². The third kappa shape index (κ3) is 2.31. The Balaban J connectivity index is 1.67. The molecule has 1 aliphatic carbocycles. The van der Waals surface area contributed by atoms with Crippen LogP contribution in [0.2, 0.25) is 0 Å². The average molecular weight is 395 g/mol. The van der Waals surface area contributed by atoms with E-state index in [9.17, 15) is 0 Å². The lowest BCUT2D eigenvalue weighted by Crippen LogP contribution is -2.58. The van der Waals surface area contributed by atoms with E-state index in [-0.39, 0.29) is 17.5 Å². The Labute approximate surface area is 178 Å². The highest BCUT2D eigenvalue weighted by Gasteiger charge is 2.46. The van der Waals surface area contributed by atoms with Crippen LogP contribution in [0.1, 0.15) is 56.5 Å². The summed E-state index contributed by atoms with van der Waals surface area (Å²) in [5.74, 6) is 3.42. The van der Waals surface area contributed by atoms with Gasteiger partial charge >= 0.3 is 0 Å². The zero-order valence-corrected chi connectivity index (χ0v) is 18.5. The molecule has 0 saturated carbocycles. The smallest absolute Gasteiger partial charge is 0.262 e. The van der Waals surface area contributed by atoms with E-state index in [4.69, 9.17) is 14.5 Å². The van der Waals surface area contributed by atoms with Gasteiger partial charge in [-0.1, -0.05) is 51.5 Å². The Morgan fingerprint density at radius 3 is 2.27 bits per heavy atom. The van der Waals surface area contributed by atoms with Crippen molar-refractivity contribution in [2.45, 2.75) is 58.8 Å². The molecule has 0 N–H and O–H groups in total. The number of hydrogen-bond donors (Lipinski definition) is 0. The van der Waals surface area contributed by atoms with Crippen LogP contribution in [0.3, 0.4) is 0 Å². The molecule has 2 aromatic carbocycles. The van der Waals surface area contributed by atoms with Gasteiger partial charge in [0.25, 0.3) is 6.71 Å². The van der Waals surface area contributed by atoms with Gasteiger partial charge in [0.1, 0.15) is 17.2 Å². The van der Waals surface area contributed by atoms with Crippen molar-refractivity contribution in [1.29, 1.82) is 0 Å². The van der Waals surface area contributed by atoms with E-state index >= 15 is 0 Å². The number of benzene rings is 2. The Kier molecular flexibility index (Phi) is 3.30. The van der Waals surface area contributed by atoms with Gasteiger partial charge in [-0.2, -0.15) is 0 Å². The van der Waals surface area contributed by atoms with Crippen LogP contribution in [0, 0.1) is 13.8 Å². The number of aromatic nitrogens is 1. The molecule has 3 nitrogen and oxygen atoms in total. The number of aryl methyl sites for hydroxylation is 2. The van der Waals surface area contributed by atoms with Gasteiger partial charge in [-0.3, -0.25) is 0 Å². The fraction of sp³-hybridized carbons (Fsp3) is 0.346. The van der Waals surface area contributed by atoms with Gasteiger partial charge in [0.2, 0.25) is 5.88 Å². The fourth-order valence-electron chi connectivity index (χ4n) is 6.07. The van der Waals surface area contributed by atoms with Gasteiger partial charge in [-0.15, -0.1) is 0 Å². The monoisotopic (exact) mass is 395 g/mol. The fourth-order valence-corrected chi connectivity index (χ4v) is 6.07. The van der Waals surface area contributed by atoms with Crippen LogP contribution in [-0.2, 0) is 10.8 Å². The second kappa shape index (κ2) is 5.48. The largest absolute Gasteiger partial charge is 0.458 e. The molecule has 3 aromatic rings. The summed E-state index contributed by atoms with van der Waals surface area (Å²) in [6.07, 6.45) is 1.14. The van der Waals surface area contributed by atoms with Crippen molar-refractivity contribution in [2.75, 3.05) is 0 Å². The maximum atomic E-state index is 6.45. The molecule has 1 aromatic heterocycles. The van der Waals surface area contributed by atoms with Crippen LogP contribution < -0.4 is 25.9 Å². The minimum absolute atomic E-state index is 0.0836. The van der Waals surface area contributed by atoms with Gasteiger partial charge in [0.15, 0.2) is 0 Å². The molecule has 0 unspecified atom stereocenters. The maximum Gasteiger partial charge on any atom is 0.262 e. The molecule has 0 spiro atoms. The summed E-state index contributed by atoms with van der Waals surface area (Å²) in [4.78, 5) is 4.76. The lowest BCUT2D eigenvalue weighted by molar-refractivity contribution is 0.402. The van der Waals surface area contributed by atoms with Crippen molar-refractivity contribution >= 4 is 23.1 Å². The van der Waals surface area contributed by atoms with Crippen molar-refractivity contribution in [3.8, 4) is 23.1 Å². The second-order valence-corrected chi connectivity index (χ2v) is 10.5. The SMILES string of the molecule is Cc1ccc2c(c1)B1c3cc4c(cc3Oc3nc(C)cc(c31)O2)C(C)(C)CC4(C)C. The predicted octanol–water partition coefficient (Wildman–Crippen LogP) is 4.38. The molecule has 2 aliphatic heterocycles.